The van der Waals surface area contributed by atoms with Gasteiger partial charge >= 0.3 is 5.97 Å². The average Bonchev–Trinajstić information content (AvgIpc) is 2.66. The van der Waals surface area contributed by atoms with E-state index in [2.05, 4.69) is 26.6 Å². The van der Waals surface area contributed by atoms with Crippen LogP contribution in [0.15, 0.2) is 64.8 Å². The fourth-order valence-electron chi connectivity index (χ4n) is 2.16. The molecule has 0 radical (unpaired) electrons. The number of amides is 2. The second kappa shape index (κ2) is 10.3. The topological polar surface area (TPSA) is 84.5 Å². The maximum Gasteiger partial charge on any atom is 0.325 e. The lowest BCUT2D eigenvalue weighted by Gasteiger charge is -2.11. The van der Waals surface area contributed by atoms with Gasteiger partial charge in [-0.05, 0) is 36.8 Å². The van der Waals surface area contributed by atoms with Crippen molar-refractivity contribution in [3.05, 3.63) is 75.9 Å². The molecule has 2 rings (SSSR count). The molecular formula is C20H19BrN2O4. The van der Waals surface area contributed by atoms with Crippen LogP contribution in [0.2, 0.25) is 0 Å². The zero-order valence-electron chi connectivity index (χ0n) is 14.7. The molecule has 0 unspecified atom stereocenters. The monoisotopic (exact) mass is 430 g/mol. The van der Waals surface area contributed by atoms with E-state index in [4.69, 9.17) is 4.74 Å². The maximum absolute atomic E-state index is 12.5. The molecule has 0 fully saturated rings. The van der Waals surface area contributed by atoms with Crippen LogP contribution in [0.5, 0.6) is 0 Å². The SMILES string of the molecule is CCOC(=O)CNC(=O)/C(=C/c1ccccc1)NC(=O)c1cccc(Br)c1. The summed E-state index contributed by atoms with van der Waals surface area (Å²) in [4.78, 5) is 36.4. The van der Waals surface area contributed by atoms with Crippen molar-refractivity contribution in [3.8, 4) is 0 Å². The second-order valence-electron chi connectivity index (χ2n) is 5.42. The van der Waals surface area contributed by atoms with Crippen molar-refractivity contribution in [3.63, 3.8) is 0 Å². The van der Waals surface area contributed by atoms with Crippen LogP contribution >= 0.6 is 15.9 Å². The lowest BCUT2D eigenvalue weighted by atomic mass is 10.1. The van der Waals surface area contributed by atoms with E-state index in [1.807, 2.05) is 18.2 Å². The van der Waals surface area contributed by atoms with Crippen molar-refractivity contribution in [2.45, 2.75) is 6.92 Å². The molecule has 6 nitrogen and oxygen atoms in total. The first kappa shape index (κ1) is 20.4. The summed E-state index contributed by atoms with van der Waals surface area (Å²) < 4.78 is 5.53. The third-order valence-corrected chi connectivity index (χ3v) is 3.88. The van der Waals surface area contributed by atoms with Gasteiger partial charge in [0.2, 0.25) is 0 Å². The molecule has 140 valence electrons. The van der Waals surface area contributed by atoms with Gasteiger partial charge in [-0.3, -0.25) is 14.4 Å². The Morgan fingerprint density at radius 2 is 1.81 bits per heavy atom. The molecule has 2 amide bonds. The standard InChI is InChI=1S/C20H19BrN2O4/c1-2-27-18(24)13-22-20(26)17(11-14-7-4-3-5-8-14)23-19(25)15-9-6-10-16(21)12-15/h3-12H,2,13H2,1H3,(H,22,26)(H,23,25)/b17-11-. The molecule has 2 N–H and O–H groups in total. The maximum atomic E-state index is 12.5. The highest BCUT2D eigenvalue weighted by molar-refractivity contribution is 9.10. The third-order valence-electron chi connectivity index (χ3n) is 3.39. The fourth-order valence-corrected chi connectivity index (χ4v) is 2.56. The number of rotatable bonds is 7. The van der Waals surface area contributed by atoms with Gasteiger partial charge in [0, 0.05) is 10.0 Å². The van der Waals surface area contributed by atoms with Crippen molar-refractivity contribution < 1.29 is 19.1 Å². The van der Waals surface area contributed by atoms with Crippen molar-refractivity contribution in [2.24, 2.45) is 0 Å². The van der Waals surface area contributed by atoms with Crippen LogP contribution in [-0.2, 0) is 14.3 Å². The molecule has 0 aliphatic carbocycles. The van der Waals surface area contributed by atoms with Crippen LogP contribution in [0.1, 0.15) is 22.8 Å². The van der Waals surface area contributed by atoms with Crippen molar-refractivity contribution in [1.82, 2.24) is 10.6 Å². The van der Waals surface area contributed by atoms with Crippen molar-refractivity contribution in [1.29, 1.82) is 0 Å². The molecule has 0 spiro atoms. The lowest BCUT2D eigenvalue weighted by Crippen LogP contribution is -2.37. The van der Waals surface area contributed by atoms with Gasteiger partial charge in [-0.1, -0.05) is 52.3 Å². The number of nitrogens with one attached hydrogen (secondary N) is 2. The van der Waals surface area contributed by atoms with Crippen LogP contribution in [0.3, 0.4) is 0 Å². The molecule has 2 aromatic carbocycles. The number of hydrogen-bond donors (Lipinski definition) is 2. The summed E-state index contributed by atoms with van der Waals surface area (Å²) in [5.41, 5.74) is 1.14. The van der Waals surface area contributed by atoms with E-state index >= 15 is 0 Å². The van der Waals surface area contributed by atoms with Crippen LogP contribution in [0, 0.1) is 0 Å². The molecule has 0 aliphatic heterocycles. The van der Waals surface area contributed by atoms with Gasteiger partial charge in [-0.25, -0.2) is 0 Å². The highest BCUT2D eigenvalue weighted by atomic mass is 79.9. The summed E-state index contributed by atoms with van der Waals surface area (Å²) >= 11 is 3.31. The van der Waals surface area contributed by atoms with Crippen LogP contribution in [0.25, 0.3) is 6.08 Å². The van der Waals surface area contributed by atoms with Gasteiger partial charge in [0.15, 0.2) is 0 Å². The highest BCUT2D eigenvalue weighted by Gasteiger charge is 2.16. The summed E-state index contributed by atoms with van der Waals surface area (Å²) in [6.07, 6.45) is 1.54. The Balaban J connectivity index is 2.19. The normalized spacial score (nSPS) is 10.8. The molecule has 0 aliphatic rings. The van der Waals surface area contributed by atoms with E-state index in [-0.39, 0.29) is 18.8 Å². The molecule has 0 atom stereocenters. The molecule has 0 saturated heterocycles. The molecule has 7 heteroatoms. The van der Waals surface area contributed by atoms with Gasteiger partial charge in [0.25, 0.3) is 11.8 Å². The van der Waals surface area contributed by atoms with E-state index in [0.29, 0.717) is 5.56 Å². The Bertz CT molecular complexity index is 850. The molecule has 0 aromatic heterocycles. The summed E-state index contributed by atoms with van der Waals surface area (Å²) in [5, 5.41) is 5.05. The van der Waals surface area contributed by atoms with Gasteiger partial charge in [0.1, 0.15) is 12.2 Å². The van der Waals surface area contributed by atoms with Gasteiger partial charge in [-0.2, -0.15) is 0 Å². The predicted octanol–water partition coefficient (Wildman–Crippen LogP) is 2.90. The Morgan fingerprint density at radius 1 is 1.07 bits per heavy atom. The van der Waals surface area contributed by atoms with E-state index in [0.717, 1.165) is 10.0 Å². The van der Waals surface area contributed by atoms with Crippen LogP contribution < -0.4 is 10.6 Å². The zero-order valence-corrected chi connectivity index (χ0v) is 16.3. The Kier molecular flexibility index (Phi) is 7.76. The first-order valence-corrected chi connectivity index (χ1v) is 9.06. The van der Waals surface area contributed by atoms with E-state index < -0.39 is 17.8 Å². The summed E-state index contributed by atoms with van der Waals surface area (Å²) in [6, 6.07) is 15.9. The molecule has 0 heterocycles. The molecule has 27 heavy (non-hydrogen) atoms. The second-order valence-corrected chi connectivity index (χ2v) is 6.34. The first-order valence-electron chi connectivity index (χ1n) is 8.27. The number of carbonyl (C=O) groups excluding carboxylic acids is 3. The molecular weight excluding hydrogens is 412 g/mol. The third kappa shape index (κ3) is 6.71. The van der Waals surface area contributed by atoms with Gasteiger partial charge in [0.05, 0.1) is 6.61 Å². The Labute approximate surface area is 165 Å². The first-order chi connectivity index (χ1) is 13.0. The minimum Gasteiger partial charge on any atom is -0.465 e. The van der Waals surface area contributed by atoms with Crippen LogP contribution in [-0.4, -0.2) is 30.9 Å². The Morgan fingerprint density at radius 3 is 2.48 bits per heavy atom. The minimum absolute atomic E-state index is 0.0236. The van der Waals surface area contributed by atoms with E-state index in [9.17, 15) is 14.4 Å². The van der Waals surface area contributed by atoms with Gasteiger partial charge < -0.3 is 15.4 Å². The lowest BCUT2D eigenvalue weighted by molar-refractivity contribution is -0.143. The number of carbonyl (C=O) groups is 3. The molecule has 2 aromatic rings. The minimum atomic E-state index is -0.588. The van der Waals surface area contributed by atoms with E-state index in [1.54, 1.807) is 43.3 Å². The largest absolute Gasteiger partial charge is 0.465 e. The number of esters is 1. The van der Waals surface area contributed by atoms with E-state index in [1.165, 1.54) is 6.08 Å². The molecule has 0 saturated carbocycles. The van der Waals surface area contributed by atoms with Gasteiger partial charge in [-0.15, -0.1) is 0 Å². The Hall–Kier alpha value is -2.93. The fraction of sp³-hybridized carbons (Fsp3) is 0.150. The van der Waals surface area contributed by atoms with Crippen molar-refractivity contribution >= 4 is 39.8 Å². The summed E-state index contributed by atoms with van der Waals surface area (Å²) in [7, 11) is 0. The van der Waals surface area contributed by atoms with Crippen LogP contribution in [0.4, 0.5) is 0 Å². The number of ether oxygens (including phenoxy) is 1. The predicted molar refractivity (Wildman–Crippen MR) is 106 cm³/mol. The molecule has 0 bridgehead atoms. The summed E-state index contributed by atoms with van der Waals surface area (Å²) in [5.74, 6) is -1.58. The van der Waals surface area contributed by atoms with Crippen molar-refractivity contribution in [2.75, 3.05) is 13.2 Å². The smallest absolute Gasteiger partial charge is 0.325 e. The average molecular weight is 431 g/mol. The highest BCUT2D eigenvalue weighted by Crippen LogP contribution is 2.12. The quantitative estimate of drug-likeness (QED) is 0.522. The zero-order chi connectivity index (χ0) is 19.6. The summed E-state index contributed by atoms with van der Waals surface area (Å²) in [6.45, 7) is 1.62. The number of hydrogen-bond acceptors (Lipinski definition) is 4. The number of benzene rings is 2. The number of halogens is 1.